The average Bonchev–Trinajstić information content (AvgIpc) is 3.13. The molecule has 2 amide bonds. The van der Waals surface area contributed by atoms with Crippen molar-refractivity contribution in [3.63, 3.8) is 0 Å². The van der Waals surface area contributed by atoms with Crippen molar-refractivity contribution in [3.8, 4) is 16.9 Å². The van der Waals surface area contributed by atoms with Crippen molar-refractivity contribution < 1.29 is 18.7 Å². The number of fused-ring (bicyclic) bond motifs is 1. The van der Waals surface area contributed by atoms with Crippen molar-refractivity contribution in [2.24, 2.45) is 5.73 Å². The van der Waals surface area contributed by atoms with E-state index in [0.717, 1.165) is 10.9 Å². The Morgan fingerprint density at radius 3 is 2.48 bits per heavy atom. The third kappa shape index (κ3) is 3.55. The lowest BCUT2D eigenvalue weighted by molar-refractivity contribution is 0.0990. The molecule has 4 aromatic rings. The molecular weight excluding hydrogens is 368 g/mol. The second kappa shape index (κ2) is 7.52. The number of furan rings is 1. The number of ether oxygens (including phenoxy) is 1. The zero-order valence-corrected chi connectivity index (χ0v) is 15.6. The first-order chi connectivity index (χ1) is 14.1. The number of anilines is 1. The second-order valence-electron chi connectivity index (χ2n) is 6.43. The molecule has 1 heterocycles. The van der Waals surface area contributed by atoms with Crippen LogP contribution in [0.25, 0.3) is 22.1 Å². The van der Waals surface area contributed by atoms with E-state index in [2.05, 4.69) is 5.32 Å². The van der Waals surface area contributed by atoms with Gasteiger partial charge in [-0.15, -0.1) is 0 Å². The zero-order valence-electron chi connectivity index (χ0n) is 15.6. The molecule has 0 saturated carbocycles. The van der Waals surface area contributed by atoms with Crippen LogP contribution in [0.3, 0.4) is 0 Å². The third-order valence-electron chi connectivity index (χ3n) is 4.57. The maximum atomic E-state index is 13.1. The number of hydrogen-bond donors (Lipinski definition) is 2. The van der Waals surface area contributed by atoms with Crippen LogP contribution >= 0.6 is 0 Å². The summed E-state index contributed by atoms with van der Waals surface area (Å²) >= 11 is 0. The molecule has 0 bridgehead atoms. The summed E-state index contributed by atoms with van der Waals surface area (Å²) < 4.78 is 11.2. The van der Waals surface area contributed by atoms with E-state index in [1.807, 2.05) is 42.5 Å². The summed E-state index contributed by atoms with van der Waals surface area (Å²) in [5.74, 6) is -0.196. The number of methoxy groups -OCH3 is 1. The summed E-state index contributed by atoms with van der Waals surface area (Å²) in [6.45, 7) is 0. The molecular formula is C23H18N2O4. The Labute approximate surface area is 166 Å². The first-order valence-electron chi connectivity index (χ1n) is 8.94. The number of primary amides is 1. The van der Waals surface area contributed by atoms with E-state index in [0.29, 0.717) is 28.1 Å². The third-order valence-corrected chi connectivity index (χ3v) is 4.57. The van der Waals surface area contributed by atoms with Crippen LogP contribution in [0.2, 0.25) is 0 Å². The standard InChI is InChI=1S/C23H18N2O4/c1-28-17-10-11-18-19(13-17)29-21(20(18)14-6-3-2-4-7-14)23(27)25-16-9-5-8-15(12-16)22(24)26/h2-13H,1H3,(H2,24,26)(H,25,27). The molecule has 0 aliphatic carbocycles. The lowest BCUT2D eigenvalue weighted by atomic mass is 10.0. The lowest BCUT2D eigenvalue weighted by Crippen LogP contribution is -2.14. The molecule has 0 fully saturated rings. The van der Waals surface area contributed by atoms with E-state index in [4.69, 9.17) is 14.9 Å². The van der Waals surface area contributed by atoms with Gasteiger partial charge >= 0.3 is 0 Å². The molecule has 4 rings (SSSR count). The first-order valence-corrected chi connectivity index (χ1v) is 8.94. The highest BCUT2D eigenvalue weighted by atomic mass is 16.5. The molecule has 6 heteroatoms. The van der Waals surface area contributed by atoms with Gasteiger partial charge in [0.05, 0.1) is 7.11 Å². The van der Waals surface area contributed by atoms with E-state index in [-0.39, 0.29) is 5.76 Å². The second-order valence-corrected chi connectivity index (χ2v) is 6.43. The van der Waals surface area contributed by atoms with Crippen molar-refractivity contribution in [1.82, 2.24) is 0 Å². The number of carbonyl (C=O) groups excluding carboxylic acids is 2. The van der Waals surface area contributed by atoms with Gasteiger partial charge in [0.25, 0.3) is 5.91 Å². The van der Waals surface area contributed by atoms with Gasteiger partial charge in [-0.3, -0.25) is 9.59 Å². The summed E-state index contributed by atoms with van der Waals surface area (Å²) in [5.41, 5.74) is 8.16. The van der Waals surface area contributed by atoms with E-state index in [9.17, 15) is 9.59 Å². The Morgan fingerprint density at radius 1 is 0.966 bits per heavy atom. The van der Waals surface area contributed by atoms with Gasteiger partial charge in [0.2, 0.25) is 11.7 Å². The maximum absolute atomic E-state index is 13.1. The lowest BCUT2D eigenvalue weighted by Gasteiger charge is -2.07. The predicted molar refractivity (Wildman–Crippen MR) is 111 cm³/mol. The zero-order chi connectivity index (χ0) is 20.4. The van der Waals surface area contributed by atoms with Crippen LogP contribution in [0.15, 0.2) is 77.2 Å². The number of carbonyl (C=O) groups is 2. The van der Waals surface area contributed by atoms with Crippen molar-refractivity contribution in [3.05, 3.63) is 84.1 Å². The van der Waals surface area contributed by atoms with Gasteiger partial charge in [0, 0.05) is 28.3 Å². The minimum absolute atomic E-state index is 0.170. The molecule has 3 N–H and O–H groups in total. The number of nitrogens with one attached hydrogen (secondary N) is 1. The molecule has 6 nitrogen and oxygen atoms in total. The topological polar surface area (TPSA) is 94.6 Å². The highest BCUT2D eigenvalue weighted by molar-refractivity contribution is 6.13. The fourth-order valence-corrected chi connectivity index (χ4v) is 3.19. The van der Waals surface area contributed by atoms with E-state index < -0.39 is 11.8 Å². The molecule has 0 radical (unpaired) electrons. The largest absolute Gasteiger partial charge is 0.497 e. The Balaban J connectivity index is 1.81. The molecule has 0 saturated heterocycles. The minimum atomic E-state index is -0.568. The molecule has 0 spiro atoms. The summed E-state index contributed by atoms with van der Waals surface area (Å²) in [7, 11) is 1.57. The highest BCUT2D eigenvalue weighted by Crippen LogP contribution is 2.37. The van der Waals surface area contributed by atoms with Crippen molar-refractivity contribution in [1.29, 1.82) is 0 Å². The quantitative estimate of drug-likeness (QED) is 0.529. The van der Waals surface area contributed by atoms with Gasteiger partial charge < -0.3 is 20.2 Å². The van der Waals surface area contributed by atoms with Crippen LogP contribution in [-0.2, 0) is 0 Å². The van der Waals surface area contributed by atoms with Crippen LogP contribution in [0.1, 0.15) is 20.9 Å². The SMILES string of the molecule is COc1ccc2c(-c3ccccc3)c(C(=O)Nc3cccc(C(N)=O)c3)oc2c1. The van der Waals surface area contributed by atoms with Crippen molar-refractivity contribution in [2.45, 2.75) is 0 Å². The molecule has 29 heavy (non-hydrogen) atoms. The molecule has 0 unspecified atom stereocenters. The van der Waals surface area contributed by atoms with Crippen LogP contribution < -0.4 is 15.8 Å². The number of benzene rings is 3. The predicted octanol–water partition coefficient (Wildman–Crippen LogP) is 4.46. The monoisotopic (exact) mass is 386 g/mol. The molecule has 0 atom stereocenters. The summed E-state index contributed by atoms with van der Waals surface area (Å²) in [4.78, 5) is 24.5. The van der Waals surface area contributed by atoms with E-state index in [1.165, 1.54) is 6.07 Å². The van der Waals surface area contributed by atoms with E-state index >= 15 is 0 Å². The Bertz CT molecular complexity index is 1210. The van der Waals surface area contributed by atoms with Crippen LogP contribution in [-0.4, -0.2) is 18.9 Å². The number of rotatable bonds is 5. The minimum Gasteiger partial charge on any atom is -0.497 e. The van der Waals surface area contributed by atoms with Gasteiger partial charge in [0.1, 0.15) is 11.3 Å². The molecule has 0 aliphatic heterocycles. The number of nitrogens with two attached hydrogens (primary N) is 1. The van der Waals surface area contributed by atoms with Gasteiger partial charge in [-0.25, -0.2) is 0 Å². The number of amides is 2. The average molecular weight is 386 g/mol. The number of hydrogen-bond acceptors (Lipinski definition) is 4. The van der Waals surface area contributed by atoms with Crippen molar-refractivity contribution >= 4 is 28.5 Å². The van der Waals surface area contributed by atoms with Gasteiger partial charge in [-0.2, -0.15) is 0 Å². The van der Waals surface area contributed by atoms with Gasteiger partial charge in [0.15, 0.2) is 0 Å². The molecule has 3 aromatic carbocycles. The summed E-state index contributed by atoms with van der Waals surface area (Å²) in [5, 5.41) is 3.58. The normalized spacial score (nSPS) is 10.7. The fourth-order valence-electron chi connectivity index (χ4n) is 3.19. The van der Waals surface area contributed by atoms with Gasteiger partial charge in [-0.1, -0.05) is 36.4 Å². The van der Waals surface area contributed by atoms with E-state index in [1.54, 1.807) is 31.4 Å². The fraction of sp³-hybridized carbons (Fsp3) is 0.0435. The molecule has 1 aromatic heterocycles. The van der Waals surface area contributed by atoms with Crippen LogP contribution in [0.4, 0.5) is 5.69 Å². The Hall–Kier alpha value is -4.06. The summed E-state index contributed by atoms with van der Waals surface area (Å²) in [6, 6.07) is 21.4. The summed E-state index contributed by atoms with van der Waals surface area (Å²) in [6.07, 6.45) is 0. The van der Waals surface area contributed by atoms with Crippen molar-refractivity contribution in [2.75, 3.05) is 12.4 Å². The highest BCUT2D eigenvalue weighted by Gasteiger charge is 2.22. The first kappa shape index (κ1) is 18.3. The van der Waals surface area contributed by atoms with Gasteiger partial charge in [-0.05, 0) is 35.9 Å². The molecule has 0 aliphatic rings. The molecule has 144 valence electrons. The Kier molecular flexibility index (Phi) is 4.75. The smallest absolute Gasteiger partial charge is 0.292 e. The van der Waals surface area contributed by atoms with Crippen LogP contribution in [0.5, 0.6) is 5.75 Å². The maximum Gasteiger partial charge on any atom is 0.292 e. The Morgan fingerprint density at radius 2 is 1.76 bits per heavy atom. The van der Waals surface area contributed by atoms with Crippen LogP contribution in [0, 0.1) is 0 Å².